The summed E-state index contributed by atoms with van der Waals surface area (Å²) in [6.45, 7) is 9.11. The first-order valence-electron chi connectivity index (χ1n) is 6.85. The Hall–Kier alpha value is -1.63. The molecule has 0 radical (unpaired) electrons. The predicted octanol–water partition coefficient (Wildman–Crippen LogP) is 1.28. The van der Waals surface area contributed by atoms with E-state index in [0.717, 1.165) is 11.4 Å². The van der Waals surface area contributed by atoms with E-state index in [1.165, 1.54) is 0 Å². The van der Waals surface area contributed by atoms with Crippen LogP contribution < -0.4 is 0 Å². The minimum Gasteiger partial charge on any atom is -0.444 e. The first-order valence-corrected chi connectivity index (χ1v) is 6.85. The summed E-state index contributed by atoms with van der Waals surface area (Å²) in [6, 6.07) is 0.0347. The lowest BCUT2D eigenvalue weighted by Crippen LogP contribution is -2.36. The third kappa shape index (κ3) is 2.26. The minimum absolute atomic E-state index is 0.0314. The summed E-state index contributed by atoms with van der Waals surface area (Å²) >= 11 is 0. The molecule has 2 atom stereocenters. The van der Waals surface area contributed by atoms with E-state index in [0.29, 0.717) is 19.7 Å². The van der Waals surface area contributed by atoms with E-state index in [9.17, 15) is 4.79 Å². The van der Waals surface area contributed by atoms with Gasteiger partial charge in [0.15, 0.2) is 0 Å². The average molecular weight is 280 g/mol. The molecule has 20 heavy (non-hydrogen) atoms. The molecule has 1 saturated heterocycles. The summed E-state index contributed by atoms with van der Waals surface area (Å²) in [7, 11) is 0. The van der Waals surface area contributed by atoms with Crippen LogP contribution in [0.1, 0.15) is 38.2 Å². The number of likely N-dealkylation sites (tertiary alicyclic amines) is 1. The Balaban J connectivity index is 1.75. The van der Waals surface area contributed by atoms with Crippen LogP contribution in [0.3, 0.4) is 0 Å². The molecule has 1 fully saturated rings. The number of nitrogens with zero attached hydrogens (tertiary/aromatic N) is 4. The van der Waals surface area contributed by atoms with E-state index in [2.05, 4.69) is 10.3 Å². The zero-order valence-corrected chi connectivity index (χ0v) is 12.3. The summed E-state index contributed by atoms with van der Waals surface area (Å²) in [6.07, 6.45) is -0.329. The molecule has 2 aliphatic rings. The van der Waals surface area contributed by atoms with Gasteiger partial charge in [-0.1, -0.05) is 5.21 Å². The zero-order valence-electron chi connectivity index (χ0n) is 12.3. The maximum absolute atomic E-state index is 12.1. The lowest BCUT2D eigenvalue weighted by molar-refractivity contribution is -0.00768. The molecule has 0 N–H and O–H groups in total. The van der Waals surface area contributed by atoms with Crippen LogP contribution in [-0.4, -0.2) is 50.8 Å². The second-order valence-corrected chi connectivity index (χ2v) is 6.37. The van der Waals surface area contributed by atoms with Gasteiger partial charge in [0.2, 0.25) is 0 Å². The van der Waals surface area contributed by atoms with E-state index < -0.39 is 5.60 Å². The first-order chi connectivity index (χ1) is 9.35. The number of amides is 1. The van der Waals surface area contributed by atoms with Crippen molar-refractivity contribution in [3.63, 3.8) is 0 Å². The van der Waals surface area contributed by atoms with Crippen molar-refractivity contribution in [2.24, 2.45) is 0 Å². The number of aromatic nitrogens is 3. The van der Waals surface area contributed by atoms with Crippen LogP contribution in [0.15, 0.2) is 0 Å². The standard InChI is InChI=1S/C13H20N4O3/c1-8-10-7-19-11-6-16(12(18)20-13(2,3)4)5-9(11)17(10)15-14-8/h9,11H,5-7H2,1-4H3/t9?,11-/m0/s1. The molecule has 110 valence electrons. The maximum atomic E-state index is 12.1. The van der Waals surface area contributed by atoms with E-state index >= 15 is 0 Å². The van der Waals surface area contributed by atoms with Crippen molar-refractivity contribution in [1.82, 2.24) is 19.9 Å². The van der Waals surface area contributed by atoms with Gasteiger partial charge >= 0.3 is 6.09 Å². The number of carbonyl (C=O) groups is 1. The van der Waals surface area contributed by atoms with Crippen molar-refractivity contribution < 1.29 is 14.3 Å². The highest BCUT2D eigenvalue weighted by atomic mass is 16.6. The molecule has 0 aromatic carbocycles. The van der Waals surface area contributed by atoms with Crippen LogP contribution >= 0.6 is 0 Å². The van der Waals surface area contributed by atoms with E-state index in [1.807, 2.05) is 32.4 Å². The van der Waals surface area contributed by atoms with Crippen molar-refractivity contribution in [1.29, 1.82) is 0 Å². The van der Waals surface area contributed by atoms with Gasteiger partial charge < -0.3 is 14.4 Å². The average Bonchev–Trinajstić information content (AvgIpc) is 2.90. The van der Waals surface area contributed by atoms with Crippen LogP contribution in [0.4, 0.5) is 4.79 Å². The van der Waals surface area contributed by atoms with Crippen molar-refractivity contribution in [2.75, 3.05) is 13.1 Å². The molecule has 1 amide bonds. The number of fused-ring (bicyclic) bond motifs is 3. The molecule has 0 aliphatic carbocycles. The van der Waals surface area contributed by atoms with Crippen molar-refractivity contribution in [3.8, 4) is 0 Å². The Labute approximate surface area is 117 Å². The molecule has 1 aromatic rings. The monoisotopic (exact) mass is 280 g/mol. The Kier molecular flexibility index (Phi) is 2.97. The smallest absolute Gasteiger partial charge is 0.410 e. The third-order valence-electron chi connectivity index (χ3n) is 3.62. The Morgan fingerprint density at radius 2 is 2.15 bits per heavy atom. The van der Waals surface area contributed by atoms with Gasteiger partial charge in [0.25, 0.3) is 0 Å². The predicted molar refractivity (Wildman–Crippen MR) is 70.2 cm³/mol. The van der Waals surface area contributed by atoms with Crippen LogP contribution in [0.5, 0.6) is 0 Å². The second-order valence-electron chi connectivity index (χ2n) is 6.37. The third-order valence-corrected chi connectivity index (χ3v) is 3.62. The van der Waals surface area contributed by atoms with Crippen molar-refractivity contribution in [2.45, 2.75) is 52.0 Å². The SMILES string of the molecule is Cc1nnn2c1CO[C@H]1CN(C(=O)OC(C)(C)C)CC12. The van der Waals surface area contributed by atoms with Gasteiger partial charge in [0, 0.05) is 6.54 Å². The largest absolute Gasteiger partial charge is 0.444 e. The maximum Gasteiger partial charge on any atom is 0.410 e. The highest BCUT2D eigenvalue weighted by molar-refractivity contribution is 5.68. The van der Waals surface area contributed by atoms with E-state index in [-0.39, 0.29) is 18.2 Å². The Morgan fingerprint density at radius 1 is 1.40 bits per heavy atom. The Bertz CT molecular complexity index is 534. The summed E-state index contributed by atoms with van der Waals surface area (Å²) in [5.41, 5.74) is 1.40. The highest BCUT2D eigenvalue weighted by Crippen LogP contribution is 2.31. The normalized spacial score (nSPS) is 25.3. The number of carbonyl (C=O) groups excluding carboxylic acids is 1. The van der Waals surface area contributed by atoms with Gasteiger partial charge in [0.05, 0.1) is 36.7 Å². The molecule has 3 rings (SSSR count). The molecule has 1 aromatic heterocycles. The first kappa shape index (κ1) is 13.4. The van der Waals surface area contributed by atoms with Gasteiger partial charge in [0.1, 0.15) is 5.60 Å². The summed E-state index contributed by atoms with van der Waals surface area (Å²) in [5.74, 6) is 0. The van der Waals surface area contributed by atoms with Crippen LogP contribution in [0.25, 0.3) is 0 Å². The second kappa shape index (κ2) is 4.44. The fourth-order valence-corrected chi connectivity index (χ4v) is 2.65. The van der Waals surface area contributed by atoms with Crippen molar-refractivity contribution in [3.05, 3.63) is 11.4 Å². The van der Waals surface area contributed by atoms with Crippen LogP contribution in [0.2, 0.25) is 0 Å². The van der Waals surface area contributed by atoms with Gasteiger partial charge in [-0.25, -0.2) is 9.48 Å². The molecular weight excluding hydrogens is 260 g/mol. The zero-order chi connectivity index (χ0) is 14.5. The fourth-order valence-electron chi connectivity index (χ4n) is 2.65. The number of rotatable bonds is 0. The van der Waals surface area contributed by atoms with Gasteiger partial charge in [-0.2, -0.15) is 0 Å². The Morgan fingerprint density at radius 3 is 2.85 bits per heavy atom. The molecule has 2 aliphatic heterocycles. The van der Waals surface area contributed by atoms with Gasteiger partial charge in [-0.05, 0) is 27.7 Å². The van der Waals surface area contributed by atoms with Gasteiger partial charge in [-0.3, -0.25) is 0 Å². The summed E-state index contributed by atoms with van der Waals surface area (Å²) in [4.78, 5) is 13.8. The highest BCUT2D eigenvalue weighted by Gasteiger charge is 2.43. The number of hydrogen-bond donors (Lipinski definition) is 0. The molecular formula is C13H20N4O3. The number of aryl methyl sites for hydroxylation is 1. The summed E-state index contributed by atoms with van der Waals surface area (Å²) < 4.78 is 13.1. The van der Waals surface area contributed by atoms with E-state index in [4.69, 9.17) is 9.47 Å². The summed E-state index contributed by atoms with van der Waals surface area (Å²) in [5, 5.41) is 8.26. The number of ether oxygens (including phenoxy) is 2. The molecule has 1 unspecified atom stereocenters. The fraction of sp³-hybridized carbons (Fsp3) is 0.769. The molecule has 0 spiro atoms. The van der Waals surface area contributed by atoms with E-state index in [1.54, 1.807) is 4.90 Å². The topological polar surface area (TPSA) is 69.5 Å². The lowest BCUT2D eigenvalue weighted by atomic mass is 10.1. The molecule has 0 bridgehead atoms. The van der Waals surface area contributed by atoms with Gasteiger partial charge in [-0.15, -0.1) is 5.10 Å². The molecule has 7 nitrogen and oxygen atoms in total. The van der Waals surface area contributed by atoms with Crippen LogP contribution in [0, 0.1) is 6.92 Å². The number of hydrogen-bond acceptors (Lipinski definition) is 5. The van der Waals surface area contributed by atoms with Crippen molar-refractivity contribution >= 4 is 6.09 Å². The minimum atomic E-state index is -0.485. The molecule has 7 heteroatoms. The van der Waals surface area contributed by atoms with Crippen LogP contribution in [-0.2, 0) is 16.1 Å². The lowest BCUT2D eigenvalue weighted by Gasteiger charge is -2.25. The quantitative estimate of drug-likeness (QED) is 0.716. The molecule has 0 saturated carbocycles. The molecule has 3 heterocycles.